The molecule has 0 aromatic heterocycles. The Labute approximate surface area is 188 Å². The summed E-state index contributed by atoms with van der Waals surface area (Å²) in [6.07, 6.45) is 6.59. The zero-order chi connectivity index (χ0) is 21.6. The van der Waals surface area contributed by atoms with Gasteiger partial charge in [0, 0.05) is 11.7 Å². The molecule has 160 valence electrons. The number of amides is 1. The average molecular weight is 434 g/mol. The summed E-state index contributed by atoms with van der Waals surface area (Å²) in [6.45, 7) is 2.29. The molecule has 2 fully saturated rings. The zero-order valence-corrected chi connectivity index (χ0v) is 18.5. The van der Waals surface area contributed by atoms with Crippen molar-refractivity contribution in [1.82, 2.24) is 4.90 Å². The van der Waals surface area contributed by atoms with E-state index in [1.807, 2.05) is 66.7 Å². The molecular weight excluding hydrogens is 406 g/mol. The van der Waals surface area contributed by atoms with Crippen molar-refractivity contribution in [2.45, 2.75) is 44.1 Å². The molecule has 4 rings (SSSR count). The van der Waals surface area contributed by atoms with E-state index in [-0.39, 0.29) is 24.1 Å². The Morgan fingerprint density at radius 2 is 1.90 bits per heavy atom. The molecule has 5 nitrogen and oxygen atoms in total. The molecule has 2 aliphatic rings. The predicted molar refractivity (Wildman–Crippen MR) is 125 cm³/mol. The fraction of sp³-hybridized carbons (Fsp3) is 0.360. The number of para-hydroxylation sites is 1. The number of nitrogens with zero attached hydrogens (tertiary/aromatic N) is 2. The maximum atomic E-state index is 13.5. The molecule has 1 aliphatic carbocycles. The van der Waals surface area contributed by atoms with Crippen molar-refractivity contribution < 1.29 is 9.53 Å². The van der Waals surface area contributed by atoms with Gasteiger partial charge in [0.2, 0.25) is 0 Å². The third-order valence-corrected chi connectivity index (χ3v) is 7.02. The second-order valence-electron chi connectivity index (χ2n) is 8.05. The highest BCUT2D eigenvalue weighted by atomic mass is 32.2. The van der Waals surface area contributed by atoms with Gasteiger partial charge in [-0.1, -0.05) is 61.9 Å². The Hall–Kier alpha value is -2.91. The lowest BCUT2D eigenvalue weighted by atomic mass is 9.85. The minimum absolute atomic E-state index is 0.0240. The van der Waals surface area contributed by atoms with Crippen LogP contribution in [-0.4, -0.2) is 29.0 Å². The highest BCUT2D eigenvalue weighted by Gasteiger charge is 2.42. The molecule has 1 amide bonds. The van der Waals surface area contributed by atoms with Crippen LogP contribution in [0.2, 0.25) is 0 Å². The van der Waals surface area contributed by atoms with Crippen molar-refractivity contribution >= 4 is 29.4 Å². The minimum Gasteiger partial charge on any atom is -0.479 e. The van der Waals surface area contributed by atoms with Crippen LogP contribution in [0.5, 0.6) is 5.75 Å². The number of nitrogens with one attached hydrogen (secondary N) is 1. The maximum Gasteiger partial charge on any atom is 0.262 e. The first kappa shape index (κ1) is 21.3. The molecule has 1 unspecified atom stereocenters. The highest BCUT2D eigenvalue weighted by Crippen LogP contribution is 2.42. The predicted octanol–water partition coefficient (Wildman–Crippen LogP) is 5.48. The van der Waals surface area contributed by atoms with Crippen LogP contribution >= 0.6 is 11.8 Å². The van der Waals surface area contributed by atoms with Crippen LogP contribution in [0.25, 0.3) is 6.08 Å². The van der Waals surface area contributed by atoms with Gasteiger partial charge in [-0.05, 0) is 54.7 Å². The van der Waals surface area contributed by atoms with Gasteiger partial charge in [0.1, 0.15) is 11.8 Å². The van der Waals surface area contributed by atoms with Crippen molar-refractivity contribution in [2.24, 2.45) is 5.92 Å². The molecule has 6 heteroatoms. The van der Waals surface area contributed by atoms with Crippen molar-refractivity contribution in [3.8, 4) is 11.8 Å². The summed E-state index contributed by atoms with van der Waals surface area (Å²) in [7, 11) is 0. The number of hydrogen-bond donors (Lipinski definition) is 1. The monoisotopic (exact) mass is 433 g/mol. The van der Waals surface area contributed by atoms with Crippen LogP contribution in [0, 0.1) is 17.2 Å². The third kappa shape index (κ3) is 5.05. The average Bonchev–Trinajstić information content (AvgIpc) is 3.09. The van der Waals surface area contributed by atoms with E-state index in [0.717, 1.165) is 22.6 Å². The van der Waals surface area contributed by atoms with E-state index in [1.54, 1.807) is 11.8 Å². The van der Waals surface area contributed by atoms with Crippen LogP contribution in [0.4, 0.5) is 5.69 Å². The highest BCUT2D eigenvalue weighted by molar-refractivity contribution is 8.05. The van der Waals surface area contributed by atoms with E-state index in [9.17, 15) is 4.79 Å². The number of anilines is 1. The Bertz CT molecular complexity index is 969. The number of carbonyl (C=O) groups excluding carboxylic acids is 1. The Morgan fingerprint density at radius 3 is 2.61 bits per heavy atom. The topological polar surface area (TPSA) is 65.4 Å². The van der Waals surface area contributed by atoms with Gasteiger partial charge >= 0.3 is 0 Å². The number of hydrogen-bond acceptors (Lipinski definition) is 5. The van der Waals surface area contributed by atoms with E-state index < -0.39 is 0 Å². The van der Waals surface area contributed by atoms with Gasteiger partial charge < -0.3 is 15.0 Å². The molecule has 2 aromatic rings. The van der Waals surface area contributed by atoms with Crippen LogP contribution in [0.1, 0.15) is 38.2 Å². The molecule has 0 bridgehead atoms. The second kappa shape index (κ2) is 9.93. The Balaban J connectivity index is 1.58. The van der Waals surface area contributed by atoms with Crippen molar-refractivity contribution in [3.05, 3.63) is 65.1 Å². The number of benzene rings is 2. The zero-order valence-electron chi connectivity index (χ0n) is 17.7. The molecule has 1 saturated heterocycles. The summed E-state index contributed by atoms with van der Waals surface area (Å²) in [5, 5.41) is 12.2. The normalized spacial score (nSPS) is 24.8. The van der Waals surface area contributed by atoms with Gasteiger partial charge in [-0.3, -0.25) is 4.79 Å². The van der Waals surface area contributed by atoms with Crippen LogP contribution in [0.15, 0.2) is 59.5 Å². The number of rotatable bonds is 6. The van der Waals surface area contributed by atoms with Crippen LogP contribution < -0.4 is 10.1 Å². The first-order valence-corrected chi connectivity index (χ1v) is 11.7. The van der Waals surface area contributed by atoms with E-state index >= 15 is 0 Å². The first-order valence-electron chi connectivity index (χ1n) is 10.8. The maximum absolute atomic E-state index is 13.5. The van der Waals surface area contributed by atoms with Crippen LogP contribution in [-0.2, 0) is 4.79 Å². The summed E-state index contributed by atoms with van der Waals surface area (Å²) in [5.74, 6) is 1.24. The van der Waals surface area contributed by atoms with Gasteiger partial charge in [-0.25, -0.2) is 0 Å². The summed E-state index contributed by atoms with van der Waals surface area (Å²) in [5.41, 5.74) is 1.84. The largest absolute Gasteiger partial charge is 0.479 e. The third-order valence-electron chi connectivity index (χ3n) is 5.91. The standard InChI is InChI=1S/C25H27N3O2S/c1-18-7-5-6-10-22(18)28-24(29)23(31-25(28)27-20-8-3-2-4-9-20)17-19-11-13-21(14-12-19)30-16-15-26/h2-4,8-9,11-14,17-18,22,25,27H,5-7,10,16H2,1H3/b23-17-/t18-,22+,25?/m0/s1. The number of thioether (sulfide) groups is 1. The number of carbonyl (C=O) groups is 1. The minimum atomic E-state index is -0.120. The van der Waals surface area contributed by atoms with Gasteiger partial charge in [0.15, 0.2) is 12.1 Å². The summed E-state index contributed by atoms with van der Waals surface area (Å²) < 4.78 is 5.32. The van der Waals surface area contributed by atoms with E-state index in [1.165, 1.54) is 19.3 Å². The van der Waals surface area contributed by atoms with Crippen molar-refractivity contribution in [1.29, 1.82) is 5.26 Å². The van der Waals surface area contributed by atoms with Crippen LogP contribution in [0.3, 0.4) is 0 Å². The molecule has 31 heavy (non-hydrogen) atoms. The van der Waals surface area contributed by atoms with Gasteiger partial charge in [0.05, 0.1) is 4.91 Å². The quantitative estimate of drug-likeness (QED) is 0.611. The lowest BCUT2D eigenvalue weighted by Gasteiger charge is -2.39. The van der Waals surface area contributed by atoms with E-state index in [4.69, 9.17) is 10.00 Å². The molecule has 3 atom stereocenters. The second-order valence-corrected chi connectivity index (χ2v) is 9.17. The molecule has 0 spiro atoms. The summed E-state index contributed by atoms with van der Waals surface area (Å²) >= 11 is 1.58. The van der Waals surface area contributed by atoms with E-state index in [0.29, 0.717) is 11.7 Å². The molecule has 0 radical (unpaired) electrons. The van der Waals surface area contributed by atoms with Gasteiger partial charge in [-0.2, -0.15) is 5.26 Å². The fourth-order valence-corrected chi connectivity index (χ4v) is 5.51. The molecule has 1 aliphatic heterocycles. The van der Waals surface area contributed by atoms with Crippen molar-refractivity contribution in [2.75, 3.05) is 11.9 Å². The molecule has 1 N–H and O–H groups in total. The van der Waals surface area contributed by atoms with E-state index in [2.05, 4.69) is 17.1 Å². The molecule has 1 heterocycles. The summed E-state index contributed by atoms with van der Waals surface area (Å²) in [4.78, 5) is 16.3. The lowest BCUT2D eigenvalue weighted by Crippen LogP contribution is -2.48. The fourth-order valence-electron chi connectivity index (χ4n) is 4.29. The molecule has 2 aromatic carbocycles. The van der Waals surface area contributed by atoms with Gasteiger partial charge in [0.25, 0.3) is 5.91 Å². The Kier molecular flexibility index (Phi) is 6.83. The summed E-state index contributed by atoms with van der Waals surface area (Å²) in [6, 6.07) is 19.8. The SMILES string of the molecule is C[C@H]1CCCC[C@H]1N1C(=O)/C(=C/c2ccc(OCC#N)cc2)SC1Nc1ccccc1. The first-order chi connectivity index (χ1) is 15.2. The smallest absolute Gasteiger partial charge is 0.262 e. The number of nitriles is 1. The van der Waals surface area contributed by atoms with Gasteiger partial charge in [-0.15, -0.1) is 0 Å². The molecular formula is C25H27N3O2S. The van der Waals surface area contributed by atoms with Crippen molar-refractivity contribution in [3.63, 3.8) is 0 Å². The number of ether oxygens (including phenoxy) is 1. The molecule has 1 saturated carbocycles. The lowest BCUT2D eigenvalue weighted by molar-refractivity contribution is -0.129. The Morgan fingerprint density at radius 1 is 1.16 bits per heavy atom.